The maximum absolute atomic E-state index is 14.6. The average Bonchev–Trinajstić information content (AvgIpc) is 3.96. The number of imide groups is 1. The van der Waals surface area contributed by atoms with Crippen LogP contribution in [0.3, 0.4) is 0 Å². The minimum absolute atomic E-state index is 0.141. The number of aliphatic carboxylic acids is 1. The minimum atomic E-state index is -1.13. The van der Waals surface area contributed by atoms with Gasteiger partial charge in [-0.05, 0) is 79.1 Å². The number of rotatable bonds is 14. The van der Waals surface area contributed by atoms with Gasteiger partial charge >= 0.3 is 18.0 Å². The van der Waals surface area contributed by atoms with E-state index in [1.165, 1.54) is 14.2 Å². The van der Waals surface area contributed by atoms with E-state index in [2.05, 4.69) is 16.0 Å². The number of amides is 6. The highest BCUT2D eigenvalue weighted by atomic mass is 16.5. The van der Waals surface area contributed by atoms with Gasteiger partial charge in [-0.25, -0.2) is 14.5 Å². The van der Waals surface area contributed by atoms with Crippen molar-refractivity contribution in [2.45, 2.75) is 88.9 Å². The summed E-state index contributed by atoms with van der Waals surface area (Å²) < 4.78 is 10.7. The van der Waals surface area contributed by atoms with Gasteiger partial charge < -0.3 is 35.4 Å². The molecule has 0 bridgehead atoms. The van der Waals surface area contributed by atoms with Crippen molar-refractivity contribution in [3.8, 4) is 11.5 Å². The van der Waals surface area contributed by atoms with E-state index in [-0.39, 0.29) is 24.4 Å². The normalized spacial score (nSPS) is 17.6. The molecule has 0 aromatic heterocycles. The summed E-state index contributed by atoms with van der Waals surface area (Å²) in [6.07, 6.45) is 5.08. The number of anilines is 2. The molecule has 53 heavy (non-hydrogen) atoms. The van der Waals surface area contributed by atoms with E-state index in [0.717, 1.165) is 48.1 Å². The number of carbonyl (C=O) groups is 5. The number of para-hydroxylation sites is 1. The molecule has 13 heteroatoms. The van der Waals surface area contributed by atoms with Gasteiger partial charge in [-0.3, -0.25) is 14.4 Å². The van der Waals surface area contributed by atoms with Gasteiger partial charge in [0.25, 0.3) is 5.91 Å². The summed E-state index contributed by atoms with van der Waals surface area (Å²) in [6, 6.07) is 16.5. The Morgan fingerprint density at radius 2 is 1.60 bits per heavy atom. The number of nitrogens with zero attached hydrogens (tertiary/aromatic N) is 2. The summed E-state index contributed by atoms with van der Waals surface area (Å²) in [5, 5.41) is 18.3. The zero-order valence-electron chi connectivity index (χ0n) is 30.4. The van der Waals surface area contributed by atoms with Gasteiger partial charge in [0.2, 0.25) is 5.91 Å². The van der Waals surface area contributed by atoms with E-state index in [1.54, 1.807) is 35.2 Å². The van der Waals surface area contributed by atoms with Crippen LogP contribution < -0.4 is 25.4 Å². The van der Waals surface area contributed by atoms with Crippen LogP contribution in [0.2, 0.25) is 0 Å². The molecular weight excluding hydrogens is 678 g/mol. The molecule has 1 spiro atoms. The van der Waals surface area contributed by atoms with Crippen LogP contribution in [0, 0.1) is 12.8 Å². The number of nitrogens with one attached hydrogen (secondary N) is 3. The van der Waals surface area contributed by atoms with Crippen molar-refractivity contribution in [2.75, 3.05) is 24.9 Å². The van der Waals surface area contributed by atoms with Crippen LogP contribution >= 0.6 is 0 Å². The van der Waals surface area contributed by atoms with Gasteiger partial charge in [-0.2, -0.15) is 0 Å². The number of ether oxygens (including phenoxy) is 2. The molecule has 1 saturated heterocycles. The molecule has 6 rings (SSSR count). The number of carbonyl (C=O) groups excluding carboxylic acids is 4. The highest BCUT2D eigenvalue weighted by Crippen LogP contribution is 2.44. The number of urea groups is 2. The molecule has 3 aromatic rings. The molecule has 0 unspecified atom stereocenters. The Bertz CT molecular complexity index is 1850. The zero-order chi connectivity index (χ0) is 37.7. The van der Waals surface area contributed by atoms with E-state index in [1.807, 2.05) is 43.3 Å². The van der Waals surface area contributed by atoms with Gasteiger partial charge in [-0.1, -0.05) is 68.5 Å². The summed E-state index contributed by atoms with van der Waals surface area (Å²) in [7, 11) is 2.96. The lowest BCUT2D eigenvalue weighted by Gasteiger charge is -2.38. The predicted octanol–water partition coefficient (Wildman–Crippen LogP) is 6.62. The Hall–Kier alpha value is -5.59. The zero-order valence-corrected chi connectivity index (χ0v) is 30.4. The first-order valence-electron chi connectivity index (χ1n) is 18.1. The van der Waals surface area contributed by atoms with Gasteiger partial charge in [0.15, 0.2) is 11.5 Å². The molecule has 6 amide bonds. The monoisotopic (exact) mass is 725 g/mol. The van der Waals surface area contributed by atoms with Crippen molar-refractivity contribution in [2.24, 2.45) is 5.92 Å². The first kappa shape index (κ1) is 37.2. The summed E-state index contributed by atoms with van der Waals surface area (Å²) >= 11 is 0. The maximum Gasteiger partial charge on any atom is 0.328 e. The smallest absolute Gasteiger partial charge is 0.328 e. The molecule has 3 fully saturated rings. The highest BCUT2D eigenvalue weighted by molar-refractivity contribution is 6.10. The lowest BCUT2D eigenvalue weighted by Crippen LogP contribution is -2.53. The summed E-state index contributed by atoms with van der Waals surface area (Å²) in [5.74, 6) is -1.09. The lowest BCUT2D eigenvalue weighted by molar-refractivity contribution is -0.142. The standard InChI is InChI=1S/C40H47N5O8/c1-25-9-5-6-10-30(25)43-38(50)41-29-16-13-27(14-17-29)24-44-39(51)45(37(49)40(44)19-7-4-8-20-40)32(21-26-11-12-26)36(48)42-31(23-35(46)47)28-15-18-33(52-2)34(22-28)53-3/h5-6,9-10,13-18,22,26,31-32H,4,7-8,11-12,19-21,23-24H2,1-3H3,(H,42,48)(H,46,47)(H2,41,43,50)/t31-,32-/m0/s1. The van der Waals surface area contributed by atoms with Crippen LogP contribution in [0.5, 0.6) is 11.5 Å². The van der Waals surface area contributed by atoms with E-state index in [9.17, 15) is 29.1 Å². The quantitative estimate of drug-likeness (QED) is 0.135. The molecule has 0 radical (unpaired) electrons. The van der Waals surface area contributed by atoms with Crippen molar-refractivity contribution < 1.29 is 38.6 Å². The maximum atomic E-state index is 14.6. The third-order valence-corrected chi connectivity index (χ3v) is 10.6. The Morgan fingerprint density at radius 1 is 0.906 bits per heavy atom. The molecule has 1 heterocycles. The van der Waals surface area contributed by atoms with E-state index < -0.39 is 42.0 Å². The SMILES string of the molecule is COc1ccc([C@H](CC(=O)O)NC(=O)[C@H](CC2CC2)N2C(=O)N(Cc3ccc(NC(=O)Nc4ccccc4C)cc3)C3(CCCCC3)C2=O)cc1OC. The molecule has 3 aliphatic rings. The van der Waals surface area contributed by atoms with Crippen molar-refractivity contribution >= 4 is 41.2 Å². The summed E-state index contributed by atoms with van der Waals surface area (Å²) in [4.78, 5) is 70.8. The highest BCUT2D eigenvalue weighted by Gasteiger charge is 2.60. The Kier molecular flexibility index (Phi) is 11.2. The first-order valence-corrected chi connectivity index (χ1v) is 18.1. The van der Waals surface area contributed by atoms with Gasteiger partial charge in [0, 0.05) is 17.9 Å². The molecule has 1 aliphatic heterocycles. The Labute approximate surface area is 309 Å². The number of hydrogen-bond acceptors (Lipinski definition) is 7. The molecule has 13 nitrogen and oxygen atoms in total. The number of hydrogen-bond donors (Lipinski definition) is 4. The Morgan fingerprint density at radius 3 is 2.25 bits per heavy atom. The number of benzene rings is 3. The molecule has 4 N–H and O–H groups in total. The summed E-state index contributed by atoms with van der Waals surface area (Å²) in [6.45, 7) is 2.05. The number of methoxy groups -OCH3 is 2. The second kappa shape index (κ2) is 16.0. The van der Waals surface area contributed by atoms with Gasteiger partial charge in [-0.15, -0.1) is 0 Å². The molecule has 3 aromatic carbocycles. The average molecular weight is 726 g/mol. The third-order valence-electron chi connectivity index (χ3n) is 10.6. The number of aryl methyl sites for hydroxylation is 1. The number of carboxylic acids is 1. The van der Waals surface area contributed by atoms with E-state index in [4.69, 9.17) is 9.47 Å². The molecule has 2 aliphatic carbocycles. The van der Waals surface area contributed by atoms with Crippen LogP contribution in [0.15, 0.2) is 66.7 Å². The largest absolute Gasteiger partial charge is 0.493 e. The van der Waals surface area contributed by atoms with Crippen molar-refractivity contribution in [3.63, 3.8) is 0 Å². The van der Waals surface area contributed by atoms with E-state index >= 15 is 0 Å². The summed E-state index contributed by atoms with van der Waals surface area (Å²) in [5.41, 5.74) is 2.35. The lowest BCUT2D eigenvalue weighted by atomic mass is 9.80. The van der Waals surface area contributed by atoms with Crippen LogP contribution in [0.1, 0.15) is 80.5 Å². The first-order chi connectivity index (χ1) is 25.5. The molecular formula is C40H47N5O8. The molecule has 2 saturated carbocycles. The minimum Gasteiger partial charge on any atom is -0.493 e. The van der Waals surface area contributed by atoms with Crippen molar-refractivity contribution in [3.05, 3.63) is 83.4 Å². The number of carboxylic acid groups (broad SMARTS) is 1. The van der Waals surface area contributed by atoms with Gasteiger partial charge in [0.1, 0.15) is 11.6 Å². The molecule has 280 valence electrons. The fourth-order valence-electron chi connectivity index (χ4n) is 7.49. The van der Waals surface area contributed by atoms with E-state index in [0.29, 0.717) is 47.7 Å². The topological polar surface area (TPSA) is 167 Å². The second-order valence-corrected chi connectivity index (χ2v) is 14.2. The fraction of sp³-hybridized carbons (Fsp3) is 0.425. The van der Waals surface area contributed by atoms with Crippen LogP contribution in [-0.2, 0) is 20.9 Å². The second-order valence-electron chi connectivity index (χ2n) is 14.2. The fourth-order valence-corrected chi connectivity index (χ4v) is 7.49. The third kappa shape index (κ3) is 8.24. The van der Waals surface area contributed by atoms with Crippen LogP contribution in [0.4, 0.5) is 21.0 Å². The Balaban J connectivity index is 1.23. The van der Waals surface area contributed by atoms with Crippen molar-refractivity contribution in [1.29, 1.82) is 0 Å². The van der Waals surface area contributed by atoms with Crippen LogP contribution in [-0.4, -0.2) is 70.6 Å². The predicted molar refractivity (Wildman–Crippen MR) is 198 cm³/mol. The molecule has 2 atom stereocenters. The van der Waals surface area contributed by atoms with Crippen molar-refractivity contribution in [1.82, 2.24) is 15.1 Å². The van der Waals surface area contributed by atoms with Gasteiger partial charge in [0.05, 0.1) is 26.7 Å². The van der Waals surface area contributed by atoms with Crippen LogP contribution in [0.25, 0.3) is 0 Å².